The van der Waals surface area contributed by atoms with Crippen molar-refractivity contribution in [3.05, 3.63) is 59.2 Å². The predicted octanol–water partition coefficient (Wildman–Crippen LogP) is 5.11. The molecule has 132 valence electrons. The molecule has 2 aromatic rings. The first-order chi connectivity index (χ1) is 11.9. The highest BCUT2D eigenvalue weighted by molar-refractivity contribution is 5.69. The summed E-state index contributed by atoms with van der Waals surface area (Å²) in [5.74, 6) is 0. The van der Waals surface area contributed by atoms with Gasteiger partial charge in [-0.1, -0.05) is 24.3 Å². The van der Waals surface area contributed by atoms with Crippen LogP contribution >= 0.6 is 0 Å². The van der Waals surface area contributed by atoms with Gasteiger partial charge < -0.3 is 10.1 Å². The van der Waals surface area contributed by atoms with E-state index in [1.807, 2.05) is 18.2 Å². The van der Waals surface area contributed by atoms with E-state index in [1.165, 1.54) is 19.2 Å². The topological polar surface area (TPSA) is 38.3 Å². The van der Waals surface area contributed by atoms with Crippen LogP contribution in [-0.2, 0) is 17.3 Å². The van der Waals surface area contributed by atoms with Crippen LogP contribution in [0.4, 0.5) is 18.0 Å². The van der Waals surface area contributed by atoms with Crippen LogP contribution in [0.25, 0.3) is 11.1 Å². The van der Waals surface area contributed by atoms with Crippen molar-refractivity contribution in [3.8, 4) is 11.1 Å². The Bertz CT molecular complexity index is 769. The first kappa shape index (κ1) is 17.3. The highest BCUT2D eigenvalue weighted by Gasteiger charge is 2.30. The van der Waals surface area contributed by atoms with Crippen LogP contribution in [0.3, 0.4) is 0 Å². The second-order valence-electron chi connectivity index (χ2n) is 6.07. The number of amides is 1. The highest BCUT2D eigenvalue weighted by Crippen LogP contribution is 2.35. The summed E-state index contributed by atoms with van der Waals surface area (Å²) in [6.45, 7) is 0. The number of nitrogens with one attached hydrogen (secondary N) is 1. The summed E-state index contributed by atoms with van der Waals surface area (Å²) in [7, 11) is 1.32. The number of methoxy groups -OCH3 is 1. The Morgan fingerprint density at radius 1 is 1.12 bits per heavy atom. The van der Waals surface area contributed by atoms with Gasteiger partial charge >= 0.3 is 12.3 Å². The molecule has 25 heavy (non-hydrogen) atoms. The highest BCUT2D eigenvalue weighted by atomic mass is 19.4. The normalized spacial score (nSPS) is 16.9. The molecule has 3 rings (SSSR count). The van der Waals surface area contributed by atoms with E-state index in [0.717, 1.165) is 48.1 Å². The maximum absolute atomic E-state index is 12.7. The Labute approximate surface area is 143 Å². The number of aryl methyl sites for hydroxylation is 1. The van der Waals surface area contributed by atoms with Crippen molar-refractivity contribution in [2.75, 3.05) is 7.11 Å². The lowest BCUT2D eigenvalue weighted by molar-refractivity contribution is -0.137. The van der Waals surface area contributed by atoms with Gasteiger partial charge in [0.1, 0.15) is 0 Å². The Morgan fingerprint density at radius 3 is 2.44 bits per heavy atom. The zero-order valence-corrected chi connectivity index (χ0v) is 13.7. The molecule has 0 heterocycles. The number of alkyl halides is 3. The lowest BCUT2D eigenvalue weighted by atomic mass is 9.85. The second-order valence-corrected chi connectivity index (χ2v) is 6.07. The number of rotatable bonds is 2. The third-order valence-corrected chi connectivity index (χ3v) is 4.48. The number of hydrogen-bond acceptors (Lipinski definition) is 2. The van der Waals surface area contributed by atoms with Crippen molar-refractivity contribution in [1.82, 2.24) is 5.32 Å². The Hall–Kier alpha value is -2.50. The molecule has 1 unspecified atom stereocenters. The molecule has 6 heteroatoms. The third kappa shape index (κ3) is 3.78. The largest absolute Gasteiger partial charge is 0.453 e. The fourth-order valence-corrected chi connectivity index (χ4v) is 3.18. The van der Waals surface area contributed by atoms with Crippen LogP contribution in [0.5, 0.6) is 0 Å². The van der Waals surface area contributed by atoms with Gasteiger partial charge in [0.25, 0.3) is 0 Å². The van der Waals surface area contributed by atoms with E-state index < -0.39 is 17.8 Å². The third-order valence-electron chi connectivity index (χ3n) is 4.48. The van der Waals surface area contributed by atoms with Gasteiger partial charge in [0, 0.05) is 0 Å². The summed E-state index contributed by atoms with van der Waals surface area (Å²) in [5, 5.41) is 2.82. The van der Waals surface area contributed by atoms with E-state index in [1.54, 1.807) is 0 Å². The molecular weight excluding hydrogens is 331 g/mol. The van der Waals surface area contributed by atoms with Crippen molar-refractivity contribution >= 4 is 6.09 Å². The number of ether oxygens (including phenoxy) is 1. The van der Waals surface area contributed by atoms with E-state index in [0.29, 0.717) is 5.56 Å². The van der Waals surface area contributed by atoms with E-state index in [2.05, 4.69) is 10.1 Å². The van der Waals surface area contributed by atoms with Crippen molar-refractivity contribution in [2.45, 2.75) is 31.5 Å². The van der Waals surface area contributed by atoms with Crippen LogP contribution in [-0.4, -0.2) is 13.2 Å². The SMILES string of the molecule is COC(=O)NC1CCCc2ccc(-c3ccc(C(F)(F)F)cc3)cc21. The first-order valence-corrected chi connectivity index (χ1v) is 8.03. The Balaban J connectivity index is 1.91. The van der Waals surface area contributed by atoms with Crippen molar-refractivity contribution in [1.29, 1.82) is 0 Å². The number of benzene rings is 2. The Kier molecular flexibility index (Phi) is 4.70. The van der Waals surface area contributed by atoms with Gasteiger partial charge in [-0.25, -0.2) is 4.79 Å². The lowest BCUT2D eigenvalue weighted by Crippen LogP contribution is -2.30. The zero-order valence-electron chi connectivity index (χ0n) is 13.7. The van der Waals surface area contributed by atoms with Gasteiger partial charge in [-0.05, 0) is 59.7 Å². The summed E-state index contributed by atoms with van der Waals surface area (Å²) in [6, 6.07) is 10.8. The minimum Gasteiger partial charge on any atom is -0.453 e. The molecule has 2 aromatic carbocycles. The number of alkyl carbamates (subject to hydrolysis) is 1. The molecule has 3 nitrogen and oxygen atoms in total. The van der Waals surface area contributed by atoms with Gasteiger partial charge in [-0.3, -0.25) is 0 Å². The number of halogens is 3. The predicted molar refractivity (Wildman–Crippen MR) is 88.1 cm³/mol. The van der Waals surface area contributed by atoms with Gasteiger partial charge in [0.05, 0.1) is 18.7 Å². The molecule has 0 aromatic heterocycles. The van der Waals surface area contributed by atoms with Gasteiger partial charge in [0.15, 0.2) is 0 Å². The standard InChI is InChI=1S/C19H18F3NO2/c1-25-18(24)23-17-4-2-3-13-5-6-14(11-16(13)17)12-7-9-15(10-8-12)19(20,21)22/h5-11,17H,2-4H2,1H3,(H,23,24). The molecule has 1 aliphatic rings. The molecule has 0 radical (unpaired) electrons. The molecule has 1 N–H and O–H groups in total. The van der Waals surface area contributed by atoms with Crippen LogP contribution in [0.1, 0.15) is 35.6 Å². The van der Waals surface area contributed by atoms with Crippen molar-refractivity contribution in [3.63, 3.8) is 0 Å². The van der Waals surface area contributed by atoms with E-state index >= 15 is 0 Å². The molecule has 0 aliphatic heterocycles. The summed E-state index contributed by atoms with van der Waals surface area (Å²) >= 11 is 0. The number of fused-ring (bicyclic) bond motifs is 1. The van der Waals surface area contributed by atoms with E-state index in [9.17, 15) is 18.0 Å². The molecule has 1 atom stereocenters. The zero-order chi connectivity index (χ0) is 18.0. The van der Waals surface area contributed by atoms with Crippen LogP contribution in [0, 0.1) is 0 Å². The second kappa shape index (κ2) is 6.78. The summed E-state index contributed by atoms with van der Waals surface area (Å²) in [4.78, 5) is 11.5. The average molecular weight is 349 g/mol. The fourth-order valence-electron chi connectivity index (χ4n) is 3.18. The molecule has 0 saturated heterocycles. The molecular formula is C19H18F3NO2. The minimum absolute atomic E-state index is 0.148. The number of carbonyl (C=O) groups is 1. The fraction of sp³-hybridized carbons (Fsp3) is 0.316. The first-order valence-electron chi connectivity index (χ1n) is 8.03. The monoisotopic (exact) mass is 349 g/mol. The smallest absolute Gasteiger partial charge is 0.416 e. The lowest BCUT2D eigenvalue weighted by Gasteiger charge is -2.26. The van der Waals surface area contributed by atoms with E-state index in [4.69, 9.17) is 0 Å². The quantitative estimate of drug-likeness (QED) is 0.819. The van der Waals surface area contributed by atoms with Crippen LogP contribution in [0.2, 0.25) is 0 Å². The average Bonchev–Trinajstić information content (AvgIpc) is 2.61. The molecule has 1 aliphatic carbocycles. The number of hydrogen-bond donors (Lipinski definition) is 1. The maximum Gasteiger partial charge on any atom is 0.416 e. The van der Waals surface area contributed by atoms with Gasteiger partial charge in [0.2, 0.25) is 0 Å². The van der Waals surface area contributed by atoms with Gasteiger partial charge in [-0.15, -0.1) is 0 Å². The van der Waals surface area contributed by atoms with Crippen LogP contribution in [0.15, 0.2) is 42.5 Å². The molecule has 0 bridgehead atoms. The number of carbonyl (C=O) groups excluding carboxylic acids is 1. The van der Waals surface area contributed by atoms with Crippen molar-refractivity contribution in [2.24, 2.45) is 0 Å². The minimum atomic E-state index is -4.34. The molecule has 1 amide bonds. The van der Waals surface area contributed by atoms with Gasteiger partial charge in [-0.2, -0.15) is 13.2 Å². The Morgan fingerprint density at radius 2 is 1.80 bits per heavy atom. The maximum atomic E-state index is 12.7. The molecule has 0 fully saturated rings. The molecule has 0 spiro atoms. The summed E-state index contributed by atoms with van der Waals surface area (Å²) in [6.07, 6.45) is -2.15. The van der Waals surface area contributed by atoms with Crippen LogP contribution < -0.4 is 5.32 Å². The molecule has 0 saturated carbocycles. The van der Waals surface area contributed by atoms with E-state index in [-0.39, 0.29) is 6.04 Å². The summed E-state index contributed by atoms with van der Waals surface area (Å²) in [5.41, 5.74) is 3.00. The van der Waals surface area contributed by atoms with Crippen molar-refractivity contribution < 1.29 is 22.7 Å². The summed E-state index contributed by atoms with van der Waals surface area (Å²) < 4.78 is 42.8.